The second-order valence-electron chi connectivity index (χ2n) is 5.58. The van der Waals surface area contributed by atoms with Gasteiger partial charge in [-0.1, -0.05) is 19.1 Å². The fourth-order valence-corrected chi connectivity index (χ4v) is 2.72. The van der Waals surface area contributed by atoms with Crippen LogP contribution in [-0.4, -0.2) is 6.04 Å². The molecule has 0 amide bonds. The van der Waals surface area contributed by atoms with Gasteiger partial charge in [-0.05, 0) is 56.2 Å². The van der Waals surface area contributed by atoms with Crippen LogP contribution in [-0.2, 0) is 0 Å². The van der Waals surface area contributed by atoms with Crippen LogP contribution in [0.1, 0.15) is 56.7 Å². The van der Waals surface area contributed by atoms with Crippen LogP contribution in [0.2, 0.25) is 0 Å². The number of rotatable bonds is 3. The first-order valence-corrected chi connectivity index (χ1v) is 6.95. The lowest BCUT2D eigenvalue weighted by atomic mass is 9.87. The summed E-state index contributed by atoms with van der Waals surface area (Å²) in [4.78, 5) is 0. The molecule has 1 atom stereocenters. The van der Waals surface area contributed by atoms with Crippen LogP contribution in [0.25, 0.3) is 0 Å². The number of nitrogens with one attached hydrogen (secondary N) is 1. The highest BCUT2D eigenvalue weighted by Gasteiger charge is 2.19. The van der Waals surface area contributed by atoms with E-state index in [2.05, 4.69) is 37.4 Å². The highest BCUT2D eigenvalue weighted by atomic mass is 14.9. The van der Waals surface area contributed by atoms with Crippen molar-refractivity contribution in [1.29, 1.82) is 5.26 Å². The van der Waals surface area contributed by atoms with Gasteiger partial charge < -0.3 is 5.32 Å². The van der Waals surface area contributed by atoms with E-state index in [1.165, 1.54) is 31.2 Å². The molecule has 1 unspecified atom stereocenters. The van der Waals surface area contributed by atoms with Crippen LogP contribution in [0.5, 0.6) is 0 Å². The van der Waals surface area contributed by atoms with Crippen LogP contribution < -0.4 is 5.32 Å². The molecule has 0 radical (unpaired) electrons. The summed E-state index contributed by atoms with van der Waals surface area (Å²) >= 11 is 0. The lowest BCUT2D eigenvalue weighted by Crippen LogP contribution is -2.34. The average molecular weight is 242 g/mol. The highest BCUT2D eigenvalue weighted by Crippen LogP contribution is 2.25. The monoisotopic (exact) mass is 242 g/mol. The Hall–Kier alpha value is -1.33. The number of benzene rings is 1. The third-order valence-corrected chi connectivity index (χ3v) is 4.04. The van der Waals surface area contributed by atoms with Crippen LogP contribution in [0, 0.1) is 17.2 Å². The zero-order valence-corrected chi connectivity index (χ0v) is 11.3. The molecule has 1 aromatic carbocycles. The van der Waals surface area contributed by atoms with Gasteiger partial charge in [-0.25, -0.2) is 0 Å². The molecular weight excluding hydrogens is 220 g/mol. The summed E-state index contributed by atoms with van der Waals surface area (Å²) in [6, 6.07) is 11.1. The molecule has 2 heteroatoms. The predicted molar refractivity (Wildman–Crippen MR) is 74.1 cm³/mol. The minimum Gasteiger partial charge on any atom is -0.307 e. The topological polar surface area (TPSA) is 35.8 Å². The van der Waals surface area contributed by atoms with Crippen LogP contribution in [0.15, 0.2) is 24.3 Å². The van der Waals surface area contributed by atoms with Crippen LogP contribution >= 0.6 is 0 Å². The van der Waals surface area contributed by atoms with E-state index in [-0.39, 0.29) is 0 Å². The summed E-state index contributed by atoms with van der Waals surface area (Å²) in [5.74, 6) is 0.897. The molecule has 2 nitrogen and oxygen atoms in total. The van der Waals surface area contributed by atoms with Gasteiger partial charge >= 0.3 is 0 Å². The Morgan fingerprint density at radius 3 is 2.33 bits per heavy atom. The number of nitrogens with zero attached hydrogens (tertiary/aromatic N) is 1. The number of hydrogen-bond acceptors (Lipinski definition) is 2. The van der Waals surface area contributed by atoms with Crippen LogP contribution in [0.4, 0.5) is 0 Å². The molecule has 1 aromatic rings. The van der Waals surface area contributed by atoms with Crippen molar-refractivity contribution >= 4 is 0 Å². The Balaban J connectivity index is 1.91. The van der Waals surface area contributed by atoms with Gasteiger partial charge in [-0.2, -0.15) is 5.26 Å². The van der Waals surface area contributed by atoms with Crippen molar-refractivity contribution in [2.45, 2.75) is 51.6 Å². The zero-order valence-electron chi connectivity index (χ0n) is 11.3. The third kappa shape index (κ3) is 3.34. The largest absolute Gasteiger partial charge is 0.307 e. The van der Waals surface area contributed by atoms with E-state index in [1.54, 1.807) is 0 Å². The first-order chi connectivity index (χ1) is 8.69. The molecule has 1 aliphatic carbocycles. The summed E-state index contributed by atoms with van der Waals surface area (Å²) < 4.78 is 0. The van der Waals surface area contributed by atoms with E-state index in [0.29, 0.717) is 12.1 Å². The van der Waals surface area contributed by atoms with E-state index in [4.69, 9.17) is 5.26 Å². The van der Waals surface area contributed by atoms with Gasteiger partial charge in [0.1, 0.15) is 0 Å². The van der Waals surface area contributed by atoms with Gasteiger partial charge in [0, 0.05) is 12.1 Å². The Kier molecular flexibility index (Phi) is 4.38. The van der Waals surface area contributed by atoms with E-state index in [9.17, 15) is 0 Å². The standard InChI is InChI=1S/C16H22N2/c1-12-3-9-16(10-4-12)18-13(2)15-7-5-14(11-17)6-8-15/h5-8,12-13,16,18H,3-4,9-10H2,1-2H3. The second kappa shape index (κ2) is 6.02. The van der Waals surface area contributed by atoms with E-state index in [0.717, 1.165) is 11.5 Å². The quantitative estimate of drug-likeness (QED) is 0.875. The van der Waals surface area contributed by atoms with E-state index >= 15 is 0 Å². The second-order valence-corrected chi connectivity index (χ2v) is 5.58. The summed E-state index contributed by atoms with van der Waals surface area (Å²) in [7, 11) is 0. The molecule has 18 heavy (non-hydrogen) atoms. The molecule has 0 aliphatic heterocycles. The highest BCUT2D eigenvalue weighted by molar-refractivity contribution is 5.32. The van der Waals surface area contributed by atoms with Crippen molar-refractivity contribution in [3.8, 4) is 6.07 Å². The predicted octanol–water partition coefficient (Wildman–Crippen LogP) is 3.79. The minimum atomic E-state index is 0.371. The third-order valence-electron chi connectivity index (χ3n) is 4.04. The van der Waals surface area contributed by atoms with Crippen molar-refractivity contribution in [2.24, 2.45) is 5.92 Å². The van der Waals surface area contributed by atoms with Crippen molar-refractivity contribution in [1.82, 2.24) is 5.32 Å². The molecule has 1 fully saturated rings. The maximum absolute atomic E-state index is 8.79. The molecule has 1 N–H and O–H groups in total. The molecule has 2 rings (SSSR count). The van der Waals surface area contributed by atoms with Gasteiger partial charge in [-0.3, -0.25) is 0 Å². The molecule has 1 saturated carbocycles. The molecule has 96 valence electrons. The fourth-order valence-electron chi connectivity index (χ4n) is 2.72. The van der Waals surface area contributed by atoms with Gasteiger partial charge in [-0.15, -0.1) is 0 Å². The number of hydrogen-bond donors (Lipinski definition) is 1. The van der Waals surface area contributed by atoms with Crippen molar-refractivity contribution in [3.05, 3.63) is 35.4 Å². The Morgan fingerprint density at radius 1 is 1.17 bits per heavy atom. The maximum Gasteiger partial charge on any atom is 0.0991 e. The molecule has 0 heterocycles. The van der Waals surface area contributed by atoms with Crippen molar-refractivity contribution in [3.63, 3.8) is 0 Å². The van der Waals surface area contributed by atoms with Gasteiger partial charge in [0.2, 0.25) is 0 Å². The van der Waals surface area contributed by atoms with Gasteiger partial charge in [0.25, 0.3) is 0 Å². The normalized spacial score (nSPS) is 25.4. The lowest BCUT2D eigenvalue weighted by Gasteiger charge is -2.29. The van der Waals surface area contributed by atoms with E-state index in [1.807, 2.05) is 12.1 Å². The molecule has 0 spiro atoms. The summed E-state index contributed by atoms with van der Waals surface area (Å²) in [6.07, 6.45) is 5.28. The zero-order chi connectivity index (χ0) is 13.0. The summed E-state index contributed by atoms with van der Waals surface area (Å²) in [6.45, 7) is 4.56. The summed E-state index contributed by atoms with van der Waals surface area (Å²) in [5, 5.41) is 12.5. The first kappa shape index (κ1) is 13.1. The smallest absolute Gasteiger partial charge is 0.0991 e. The number of nitriles is 1. The molecule has 0 saturated heterocycles. The average Bonchev–Trinajstić information content (AvgIpc) is 2.41. The molecule has 1 aliphatic rings. The Labute approximate surface area is 110 Å². The molecule has 0 bridgehead atoms. The fraction of sp³-hybridized carbons (Fsp3) is 0.562. The maximum atomic E-state index is 8.79. The first-order valence-electron chi connectivity index (χ1n) is 6.95. The van der Waals surface area contributed by atoms with Gasteiger partial charge in [0.15, 0.2) is 0 Å². The lowest BCUT2D eigenvalue weighted by molar-refractivity contribution is 0.292. The SMILES string of the molecule is CC1CCC(NC(C)c2ccc(C#N)cc2)CC1. The minimum absolute atomic E-state index is 0.371. The summed E-state index contributed by atoms with van der Waals surface area (Å²) in [5.41, 5.74) is 2.00. The van der Waals surface area contributed by atoms with Crippen molar-refractivity contribution in [2.75, 3.05) is 0 Å². The van der Waals surface area contributed by atoms with Crippen LogP contribution in [0.3, 0.4) is 0 Å². The molecule has 0 aromatic heterocycles. The van der Waals surface area contributed by atoms with Gasteiger partial charge in [0.05, 0.1) is 11.6 Å². The van der Waals surface area contributed by atoms with E-state index < -0.39 is 0 Å². The van der Waals surface area contributed by atoms with Crippen molar-refractivity contribution < 1.29 is 0 Å². The Morgan fingerprint density at radius 2 is 1.78 bits per heavy atom. The Bertz CT molecular complexity index is 408. The molecular formula is C16H22N2.